The third-order valence-electron chi connectivity index (χ3n) is 2.44. The van der Waals surface area contributed by atoms with Gasteiger partial charge in [-0.05, 0) is 18.1 Å². The van der Waals surface area contributed by atoms with Gasteiger partial charge in [0.2, 0.25) is 0 Å². The number of nitrogens with one attached hydrogen (secondary N) is 1. The van der Waals surface area contributed by atoms with Crippen molar-refractivity contribution in [2.75, 3.05) is 6.54 Å². The smallest absolute Gasteiger partial charge is 0.0917 e. The molecule has 12 heavy (non-hydrogen) atoms. The summed E-state index contributed by atoms with van der Waals surface area (Å²) >= 11 is 0. The van der Waals surface area contributed by atoms with E-state index in [2.05, 4.69) is 18.3 Å². The lowest BCUT2D eigenvalue weighted by atomic mass is 9.94. The van der Waals surface area contributed by atoms with E-state index < -0.39 is 0 Å². The number of hydrogen-bond acceptors (Lipinski definition) is 2. The van der Waals surface area contributed by atoms with E-state index in [0.717, 1.165) is 5.56 Å². The maximum atomic E-state index is 9.62. The molecule has 0 radical (unpaired) electrons. The number of aliphatic hydroxyl groups excluding tert-OH is 1. The average Bonchev–Trinajstić information content (AvgIpc) is 2.12. The minimum absolute atomic E-state index is 0.336. The predicted molar refractivity (Wildman–Crippen MR) is 47.8 cm³/mol. The van der Waals surface area contributed by atoms with Crippen molar-refractivity contribution >= 4 is 0 Å². The highest BCUT2D eigenvalue weighted by molar-refractivity contribution is 5.33. The molecule has 1 aliphatic heterocycles. The van der Waals surface area contributed by atoms with E-state index in [1.807, 2.05) is 18.2 Å². The summed E-state index contributed by atoms with van der Waals surface area (Å²) in [5.41, 5.74) is 2.29. The van der Waals surface area contributed by atoms with Crippen molar-refractivity contribution in [1.82, 2.24) is 5.32 Å². The summed E-state index contributed by atoms with van der Waals surface area (Å²) in [4.78, 5) is 0. The second kappa shape index (κ2) is 2.88. The molecule has 0 saturated carbocycles. The van der Waals surface area contributed by atoms with Crippen LogP contribution in [0.2, 0.25) is 0 Å². The molecule has 2 nitrogen and oxygen atoms in total. The number of β-amino-alcohol motifs (C(OH)–C–C–N with tert-alkyl or cyclic N) is 1. The Hall–Kier alpha value is -0.860. The fourth-order valence-corrected chi connectivity index (χ4v) is 1.72. The summed E-state index contributed by atoms with van der Waals surface area (Å²) in [6, 6.07) is 8.41. The Morgan fingerprint density at radius 3 is 2.67 bits per heavy atom. The number of benzene rings is 1. The van der Waals surface area contributed by atoms with Crippen LogP contribution >= 0.6 is 0 Å². The van der Waals surface area contributed by atoms with Gasteiger partial charge in [0.1, 0.15) is 0 Å². The molecule has 2 heteroatoms. The lowest BCUT2D eigenvalue weighted by molar-refractivity contribution is 0.159. The van der Waals surface area contributed by atoms with Crippen LogP contribution in [0.1, 0.15) is 30.2 Å². The number of fused-ring (bicyclic) bond motifs is 1. The number of hydrogen-bond donors (Lipinski definition) is 2. The summed E-state index contributed by atoms with van der Waals surface area (Å²) < 4.78 is 0. The van der Waals surface area contributed by atoms with Gasteiger partial charge in [0, 0.05) is 12.6 Å². The van der Waals surface area contributed by atoms with E-state index >= 15 is 0 Å². The molecule has 0 spiro atoms. The maximum absolute atomic E-state index is 9.62. The monoisotopic (exact) mass is 163 g/mol. The molecule has 0 amide bonds. The molecule has 1 aromatic rings. The summed E-state index contributed by atoms with van der Waals surface area (Å²) in [6.07, 6.45) is -0.336. The zero-order valence-electron chi connectivity index (χ0n) is 7.12. The Bertz CT molecular complexity index is 256. The molecule has 2 atom stereocenters. The maximum Gasteiger partial charge on any atom is 0.0917 e. The third-order valence-corrected chi connectivity index (χ3v) is 2.44. The van der Waals surface area contributed by atoms with E-state index in [4.69, 9.17) is 0 Å². The molecule has 0 aromatic heterocycles. The van der Waals surface area contributed by atoms with E-state index in [0.29, 0.717) is 12.6 Å². The Kier molecular flexibility index (Phi) is 1.87. The van der Waals surface area contributed by atoms with Gasteiger partial charge >= 0.3 is 0 Å². The van der Waals surface area contributed by atoms with Gasteiger partial charge in [-0.15, -0.1) is 0 Å². The largest absolute Gasteiger partial charge is 0.387 e. The second-order valence-corrected chi connectivity index (χ2v) is 3.27. The van der Waals surface area contributed by atoms with E-state index in [-0.39, 0.29) is 6.10 Å². The van der Waals surface area contributed by atoms with Crippen molar-refractivity contribution in [1.29, 1.82) is 0 Å². The van der Waals surface area contributed by atoms with Gasteiger partial charge in [-0.1, -0.05) is 24.3 Å². The molecule has 2 rings (SSSR count). The fraction of sp³-hybridized carbons (Fsp3) is 0.400. The standard InChI is InChI=1S/C10H13NO/c1-7-8-4-2-3-5-9(8)10(12)6-11-7/h2-5,7,10-12H,6H2,1H3/t7-,10-/m0/s1. The second-order valence-electron chi connectivity index (χ2n) is 3.27. The van der Waals surface area contributed by atoms with Crippen LogP contribution in [0, 0.1) is 0 Å². The highest BCUT2D eigenvalue weighted by atomic mass is 16.3. The molecular weight excluding hydrogens is 150 g/mol. The quantitative estimate of drug-likeness (QED) is 0.605. The Morgan fingerprint density at radius 2 is 2.00 bits per heavy atom. The van der Waals surface area contributed by atoms with Crippen molar-refractivity contribution in [3.05, 3.63) is 35.4 Å². The van der Waals surface area contributed by atoms with Crippen molar-refractivity contribution in [2.24, 2.45) is 0 Å². The highest BCUT2D eigenvalue weighted by Gasteiger charge is 2.21. The van der Waals surface area contributed by atoms with Crippen molar-refractivity contribution in [2.45, 2.75) is 19.1 Å². The molecule has 0 unspecified atom stereocenters. The molecule has 64 valence electrons. The van der Waals surface area contributed by atoms with Crippen LogP contribution < -0.4 is 5.32 Å². The molecule has 0 bridgehead atoms. The minimum atomic E-state index is -0.336. The first-order valence-electron chi connectivity index (χ1n) is 4.29. The van der Waals surface area contributed by atoms with Gasteiger partial charge < -0.3 is 10.4 Å². The number of aliphatic hydroxyl groups is 1. The highest BCUT2D eigenvalue weighted by Crippen LogP contribution is 2.27. The molecule has 2 N–H and O–H groups in total. The van der Waals surface area contributed by atoms with Crippen LogP contribution in [0.15, 0.2) is 24.3 Å². The molecule has 1 heterocycles. The topological polar surface area (TPSA) is 32.3 Å². The van der Waals surface area contributed by atoms with Crippen LogP contribution in [-0.2, 0) is 0 Å². The van der Waals surface area contributed by atoms with Gasteiger partial charge in [-0.3, -0.25) is 0 Å². The predicted octanol–water partition coefficient (Wildman–Crippen LogP) is 1.38. The van der Waals surface area contributed by atoms with E-state index in [9.17, 15) is 5.11 Å². The zero-order chi connectivity index (χ0) is 8.55. The first-order valence-corrected chi connectivity index (χ1v) is 4.29. The third kappa shape index (κ3) is 1.13. The van der Waals surface area contributed by atoms with Gasteiger partial charge in [-0.25, -0.2) is 0 Å². The van der Waals surface area contributed by atoms with Crippen LogP contribution in [0.25, 0.3) is 0 Å². The van der Waals surface area contributed by atoms with E-state index in [1.165, 1.54) is 5.56 Å². The van der Waals surface area contributed by atoms with Gasteiger partial charge in [0.15, 0.2) is 0 Å². The Balaban J connectivity index is 2.47. The molecule has 0 saturated heterocycles. The van der Waals surface area contributed by atoms with Crippen molar-refractivity contribution < 1.29 is 5.11 Å². The molecule has 1 aromatic carbocycles. The zero-order valence-corrected chi connectivity index (χ0v) is 7.12. The van der Waals surface area contributed by atoms with Gasteiger partial charge in [-0.2, -0.15) is 0 Å². The van der Waals surface area contributed by atoms with Crippen LogP contribution in [0.3, 0.4) is 0 Å². The Morgan fingerprint density at radius 1 is 1.33 bits per heavy atom. The lowest BCUT2D eigenvalue weighted by Gasteiger charge is -2.27. The van der Waals surface area contributed by atoms with Crippen molar-refractivity contribution in [3.8, 4) is 0 Å². The molecule has 0 fully saturated rings. The summed E-state index contributed by atoms with van der Waals surface area (Å²) in [7, 11) is 0. The summed E-state index contributed by atoms with van der Waals surface area (Å²) in [5, 5.41) is 12.9. The SMILES string of the molecule is C[C@@H]1NC[C@H](O)c2ccccc21. The summed E-state index contributed by atoms with van der Waals surface area (Å²) in [6.45, 7) is 2.78. The molecule has 0 aliphatic carbocycles. The molecule has 1 aliphatic rings. The summed E-state index contributed by atoms with van der Waals surface area (Å²) in [5.74, 6) is 0. The first kappa shape index (κ1) is 7.77. The van der Waals surface area contributed by atoms with Gasteiger partial charge in [0.05, 0.1) is 6.10 Å². The van der Waals surface area contributed by atoms with Crippen LogP contribution in [0.4, 0.5) is 0 Å². The first-order chi connectivity index (χ1) is 5.79. The Labute approximate surface area is 72.2 Å². The van der Waals surface area contributed by atoms with Crippen LogP contribution in [-0.4, -0.2) is 11.7 Å². The normalized spacial score (nSPS) is 28.2. The molecular formula is C10H13NO. The average molecular weight is 163 g/mol. The van der Waals surface area contributed by atoms with E-state index in [1.54, 1.807) is 0 Å². The minimum Gasteiger partial charge on any atom is -0.387 e. The van der Waals surface area contributed by atoms with Crippen LogP contribution in [0.5, 0.6) is 0 Å². The fourth-order valence-electron chi connectivity index (χ4n) is 1.72. The van der Waals surface area contributed by atoms with Gasteiger partial charge in [0.25, 0.3) is 0 Å². The number of rotatable bonds is 0. The lowest BCUT2D eigenvalue weighted by Crippen LogP contribution is -2.31. The van der Waals surface area contributed by atoms with Crippen molar-refractivity contribution in [3.63, 3.8) is 0 Å².